The zero-order valence-electron chi connectivity index (χ0n) is 17.8. The van der Waals surface area contributed by atoms with Crippen LogP contribution in [0.1, 0.15) is 40.5 Å². The quantitative estimate of drug-likeness (QED) is 0.715. The van der Waals surface area contributed by atoms with Gasteiger partial charge in [0, 0.05) is 30.1 Å². The number of ketones is 3. The largest absolute Gasteiger partial charge is 0.458 e. The van der Waals surface area contributed by atoms with E-state index in [1.165, 1.54) is 13.0 Å². The molecule has 160 valence electrons. The second-order valence-corrected chi connectivity index (χ2v) is 9.81. The lowest BCUT2D eigenvalue weighted by molar-refractivity contribution is -0.174. The maximum Gasteiger partial charge on any atom is 0.303 e. The van der Waals surface area contributed by atoms with Gasteiger partial charge < -0.3 is 9.84 Å². The van der Waals surface area contributed by atoms with E-state index >= 15 is 0 Å². The topological polar surface area (TPSA) is 97.7 Å². The number of ether oxygens (including phenoxy) is 1. The van der Waals surface area contributed by atoms with Crippen molar-refractivity contribution in [1.29, 1.82) is 0 Å². The van der Waals surface area contributed by atoms with E-state index < -0.39 is 34.8 Å². The highest BCUT2D eigenvalue weighted by atomic mass is 16.5. The van der Waals surface area contributed by atoms with Crippen LogP contribution in [0.4, 0.5) is 0 Å². The van der Waals surface area contributed by atoms with Crippen molar-refractivity contribution in [3.8, 4) is 0 Å². The number of esters is 1. The molecule has 0 aliphatic heterocycles. The number of carbonyl (C=O) groups excluding carboxylic acids is 4. The lowest BCUT2D eigenvalue weighted by atomic mass is 9.48. The third kappa shape index (κ3) is 2.59. The van der Waals surface area contributed by atoms with Gasteiger partial charge >= 0.3 is 5.97 Å². The van der Waals surface area contributed by atoms with E-state index in [9.17, 15) is 24.3 Å². The fourth-order valence-electron chi connectivity index (χ4n) is 6.71. The molecule has 6 heteroatoms. The van der Waals surface area contributed by atoms with Crippen LogP contribution < -0.4 is 0 Å². The highest BCUT2D eigenvalue weighted by molar-refractivity contribution is 6.02. The Labute approximate surface area is 176 Å². The molecule has 0 bridgehead atoms. The molecule has 30 heavy (non-hydrogen) atoms. The maximum atomic E-state index is 13.5. The van der Waals surface area contributed by atoms with Gasteiger partial charge in [0.25, 0.3) is 0 Å². The Kier molecular flexibility index (Phi) is 4.59. The molecule has 2 fully saturated rings. The number of carbonyl (C=O) groups is 4. The zero-order valence-corrected chi connectivity index (χ0v) is 17.8. The minimum atomic E-state index is -1.74. The number of allylic oxidation sites excluding steroid dienone is 6. The smallest absolute Gasteiger partial charge is 0.303 e. The number of hydrogen-bond acceptors (Lipinski definition) is 6. The number of hydrogen-bond donors (Lipinski definition) is 1. The van der Waals surface area contributed by atoms with Gasteiger partial charge in [-0.3, -0.25) is 19.2 Å². The summed E-state index contributed by atoms with van der Waals surface area (Å²) in [5.41, 5.74) is -2.42. The molecule has 0 aromatic carbocycles. The Morgan fingerprint density at radius 3 is 2.60 bits per heavy atom. The van der Waals surface area contributed by atoms with Gasteiger partial charge in [0.15, 0.2) is 12.4 Å². The number of aliphatic hydroxyl groups is 1. The number of Topliss-reactive ketones (excluding diaryl/α,β-unsaturated/α-hetero) is 2. The summed E-state index contributed by atoms with van der Waals surface area (Å²) in [5, 5.41) is 11.6. The molecule has 1 unspecified atom stereocenters. The van der Waals surface area contributed by atoms with Crippen LogP contribution in [0.3, 0.4) is 0 Å². The third-order valence-corrected chi connectivity index (χ3v) is 8.24. The first-order valence-corrected chi connectivity index (χ1v) is 10.5. The Morgan fingerprint density at radius 2 is 1.93 bits per heavy atom. The maximum absolute atomic E-state index is 13.5. The summed E-state index contributed by atoms with van der Waals surface area (Å²) in [6.45, 7) is 6.36. The van der Waals surface area contributed by atoms with Gasteiger partial charge in [0.2, 0.25) is 5.78 Å². The van der Waals surface area contributed by atoms with E-state index in [4.69, 9.17) is 4.74 Å². The molecule has 0 saturated heterocycles. The van der Waals surface area contributed by atoms with E-state index in [-0.39, 0.29) is 41.7 Å². The van der Waals surface area contributed by atoms with Gasteiger partial charge in [-0.25, -0.2) is 0 Å². The van der Waals surface area contributed by atoms with E-state index in [0.717, 1.165) is 5.57 Å². The molecule has 4 aliphatic rings. The molecule has 0 amide bonds. The van der Waals surface area contributed by atoms with Crippen LogP contribution in [-0.2, 0) is 23.9 Å². The lowest BCUT2D eigenvalue weighted by Crippen LogP contribution is -2.61. The minimum Gasteiger partial charge on any atom is -0.458 e. The average Bonchev–Trinajstić information content (AvgIpc) is 2.87. The van der Waals surface area contributed by atoms with Crippen molar-refractivity contribution < 1.29 is 29.0 Å². The SMILES string of the molecule is CC(=O)OCC(=O)[C@@]1(O)C(C)C[C@H]2[C@@H]3C=CC4=CC(=O)C=C[C@]4(C)[C@H]3C(=O)C[C@@]21C. The van der Waals surface area contributed by atoms with Gasteiger partial charge in [-0.05, 0) is 41.9 Å². The molecule has 2 saturated carbocycles. The monoisotopic (exact) mass is 412 g/mol. The van der Waals surface area contributed by atoms with Crippen molar-refractivity contribution in [2.45, 2.75) is 46.1 Å². The molecular formula is C24H28O6. The average molecular weight is 412 g/mol. The minimum absolute atomic E-state index is 0.0108. The van der Waals surface area contributed by atoms with Crippen LogP contribution in [0, 0.1) is 34.5 Å². The predicted molar refractivity (Wildman–Crippen MR) is 108 cm³/mol. The summed E-state index contributed by atoms with van der Waals surface area (Å²) in [6, 6.07) is 0. The first kappa shape index (κ1) is 20.9. The molecule has 6 nitrogen and oxygen atoms in total. The predicted octanol–water partition coefficient (Wildman–Crippen LogP) is 2.36. The van der Waals surface area contributed by atoms with Gasteiger partial charge in [0.05, 0.1) is 0 Å². The van der Waals surface area contributed by atoms with Crippen LogP contribution in [0.2, 0.25) is 0 Å². The van der Waals surface area contributed by atoms with E-state index in [0.29, 0.717) is 6.42 Å². The molecule has 4 rings (SSSR count). The standard InChI is InChI=1S/C24H28O6/c1-13-9-18-17-6-5-15-10-16(26)7-8-22(15,3)21(17)19(27)11-23(18,4)24(13,29)20(28)12-30-14(2)25/h5-8,10,13,17-18,21,29H,9,11-12H2,1-4H3/t13?,17-,18-,21+,22-,23-,24-/m0/s1. The van der Waals surface area contributed by atoms with E-state index in [1.807, 2.05) is 39.0 Å². The fourth-order valence-corrected chi connectivity index (χ4v) is 6.71. The second kappa shape index (κ2) is 6.58. The van der Waals surface area contributed by atoms with Crippen LogP contribution >= 0.6 is 0 Å². The molecule has 0 spiro atoms. The summed E-state index contributed by atoms with van der Waals surface area (Å²) in [4.78, 5) is 49.6. The van der Waals surface area contributed by atoms with Crippen molar-refractivity contribution >= 4 is 23.3 Å². The summed E-state index contributed by atoms with van der Waals surface area (Å²) < 4.78 is 4.89. The van der Waals surface area contributed by atoms with Crippen LogP contribution in [-0.4, -0.2) is 40.6 Å². The van der Waals surface area contributed by atoms with Crippen molar-refractivity contribution in [2.24, 2.45) is 34.5 Å². The van der Waals surface area contributed by atoms with Crippen LogP contribution in [0.15, 0.2) is 36.0 Å². The molecule has 4 aliphatic carbocycles. The Hall–Kier alpha value is -2.34. The van der Waals surface area contributed by atoms with Gasteiger partial charge in [-0.2, -0.15) is 0 Å². The Balaban J connectivity index is 1.75. The summed E-state index contributed by atoms with van der Waals surface area (Å²) in [6.07, 6.45) is 9.52. The van der Waals surface area contributed by atoms with Crippen molar-refractivity contribution in [3.63, 3.8) is 0 Å². The molecule has 0 heterocycles. The highest BCUT2D eigenvalue weighted by Gasteiger charge is 2.70. The summed E-state index contributed by atoms with van der Waals surface area (Å²) in [5.74, 6) is -2.16. The van der Waals surface area contributed by atoms with E-state index in [2.05, 4.69) is 0 Å². The van der Waals surface area contributed by atoms with Crippen LogP contribution in [0.25, 0.3) is 0 Å². The van der Waals surface area contributed by atoms with Crippen molar-refractivity contribution in [2.75, 3.05) is 6.61 Å². The highest BCUT2D eigenvalue weighted by Crippen LogP contribution is 2.66. The van der Waals surface area contributed by atoms with E-state index in [1.54, 1.807) is 6.08 Å². The second-order valence-electron chi connectivity index (χ2n) is 9.81. The Morgan fingerprint density at radius 1 is 1.23 bits per heavy atom. The Bertz CT molecular complexity index is 941. The van der Waals surface area contributed by atoms with Gasteiger partial charge in [-0.1, -0.05) is 39.0 Å². The van der Waals surface area contributed by atoms with Gasteiger partial charge in [0.1, 0.15) is 11.4 Å². The summed E-state index contributed by atoms with van der Waals surface area (Å²) >= 11 is 0. The first-order valence-electron chi connectivity index (χ1n) is 10.5. The third-order valence-electron chi connectivity index (χ3n) is 8.24. The molecule has 7 atom stereocenters. The molecular weight excluding hydrogens is 384 g/mol. The molecule has 0 radical (unpaired) electrons. The molecule has 1 N–H and O–H groups in total. The van der Waals surface area contributed by atoms with Crippen molar-refractivity contribution in [3.05, 3.63) is 36.0 Å². The zero-order chi connectivity index (χ0) is 22.1. The number of fused-ring (bicyclic) bond motifs is 5. The first-order chi connectivity index (χ1) is 13.9. The number of rotatable bonds is 3. The lowest BCUT2D eigenvalue weighted by Gasteiger charge is -2.55. The fraction of sp³-hybridized carbons (Fsp3) is 0.583. The van der Waals surface area contributed by atoms with Gasteiger partial charge in [-0.15, -0.1) is 0 Å². The molecule has 0 aromatic rings. The van der Waals surface area contributed by atoms with Crippen LogP contribution in [0.5, 0.6) is 0 Å². The summed E-state index contributed by atoms with van der Waals surface area (Å²) in [7, 11) is 0. The van der Waals surface area contributed by atoms with Crippen molar-refractivity contribution in [1.82, 2.24) is 0 Å². The normalized spacial score (nSPS) is 44.1. The molecule has 0 aromatic heterocycles.